The number of pyridine rings is 1. The second kappa shape index (κ2) is 8.70. The number of urea groups is 1. The molecule has 2 rings (SSSR count). The number of amides is 2. The molecule has 0 atom stereocenters. The number of nitrogens with zero attached hydrogens (tertiary/aromatic N) is 1. The van der Waals surface area contributed by atoms with Crippen LogP contribution >= 0.6 is 0 Å². The van der Waals surface area contributed by atoms with Gasteiger partial charge in [0.1, 0.15) is 0 Å². The summed E-state index contributed by atoms with van der Waals surface area (Å²) < 4.78 is 32.3. The second-order valence-electron chi connectivity index (χ2n) is 6.20. The van der Waals surface area contributed by atoms with Crippen LogP contribution in [0.25, 0.3) is 11.1 Å². The zero-order chi connectivity index (χ0) is 20.9. The Hall–Kier alpha value is -3.14. The summed E-state index contributed by atoms with van der Waals surface area (Å²) in [5.41, 5.74) is 2.72. The van der Waals surface area contributed by atoms with Gasteiger partial charge in [-0.2, -0.15) is 0 Å². The zero-order valence-corrected chi connectivity index (χ0v) is 16.6. The van der Waals surface area contributed by atoms with E-state index in [1.807, 2.05) is 4.72 Å². The molecule has 2 amide bonds. The lowest BCUT2D eigenvalue weighted by Crippen LogP contribution is -2.38. The van der Waals surface area contributed by atoms with E-state index in [-0.39, 0.29) is 5.88 Å². The van der Waals surface area contributed by atoms with Gasteiger partial charge in [-0.3, -0.25) is 4.98 Å². The van der Waals surface area contributed by atoms with Gasteiger partial charge in [-0.15, -0.1) is 0 Å². The summed E-state index contributed by atoms with van der Waals surface area (Å²) in [5, 5.41) is 12.7. The number of ether oxygens (including phenoxy) is 1. The first-order valence-electron chi connectivity index (χ1n) is 8.42. The van der Waals surface area contributed by atoms with Gasteiger partial charge in [0.25, 0.3) is 10.0 Å². The summed E-state index contributed by atoms with van der Waals surface area (Å²) >= 11 is 0. The third-order valence-electron chi connectivity index (χ3n) is 3.83. The zero-order valence-electron chi connectivity index (χ0n) is 15.8. The molecular formula is C18H23N5O4S. The Morgan fingerprint density at radius 3 is 2.36 bits per heavy atom. The number of carbonyl (C=O) groups is 1. The van der Waals surface area contributed by atoms with Crippen molar-refractivity contribution in [2.75, 3.05) is 18.5 Å². The Morgan fingerprint density at radius 2 is 1.89 bits per heavy atom. The third-order valence-corrected chi connectivity index (χ3v) is 5.16. The summed E-state index contributed by atoms with van der Waals surface area (Å²) in [4.78, 5) is 16.1. The summed E-state index contributed by atoms with van der Waals surface area (Å²) in [6.45, 7) is 12.0. The highest BCUT2D eigenvalue weighted by Gasteiger charge is 2.26. The Bertz CT molecular complexity index is 926. The summed E-state index contributed by atoms with van der Waals surface area (Å²) in [7, 11) is -4.33. The molecule has 9 nitrogen and oxygen atoms in total. The first-order chi connectivity index (χ1) is 13.2. The van der Waals surface area contributed by atoms with Crippen LogP contribution in [0, 0.1) is 5.41 Å². The van der Waals surface area contributed by atoms with Gasteiger partial charge >= 0.3 is 6.03 Å². The molecule has 1 aromatic heterocycles. The van der Waals surface area contributed by atoms with E-state index in [0.29, 0.717) is 53.7 Å². The molecule has 0 spiro atoms. The number of sulfonamides is 1. The highest BCUT2D eigenvalue weighted by molar-refractivity contribution is 7.94. The van der Waals surface area contributed by atoms with E-state index in [1.165, 1.54) is 12.4 Å². The van der Waals surface area contributed by atoms with Crippen molar-refractivity contribution in [3.63, 3.8) is 0 Å². The summed E-state index contributed by atoms with van der Waals surface area (Å²) in [6.07, 6.45) is 4.36. The van der Waals surface area contributed by atoms with Gasteiger partial charge in [-0.1, -0.05) is 13.2 Å². The normalized spacial score (nSPS) is 15.5. The lowest BCUT2D eigenvalue weighted by Gasteiger charge is -2.20. The average Bonchev–Trinajstić information content (AvgIpc) is 2.62. The molecular weight excluding hydrogens is 382 g/mol. The van der Waals surface area contributed by atoms with Gasteiger partial charge in [-0.25, -0.2) is 17.9 Å². The number of allylic oxidation sites excluding steroid dienone is 3. The first-order valence-corrected chi connectivity index (χ1v) is 9.90. The van der Waals surface area contributed by atoms with Crippen LogP contribution in [-0.2, 0) is 14.8 Å². The highest BCUT2D eigenvalue weighted by Crippen LogP contribution is 2.29. The predicted molar refractivity (Wildman–Crippen MR) is 109 cm³/mol. The molecule has 0 unspecified atom stereocenters. The Balaban J connectivity index is 2.32. The number of anilines is 1. The summed E-state index contributed by atoms with van der Waals surface area (Å²) in [5.74, 6) is -0.0595. The van der Waals surface area contributed by atoms with Gasteiger partial charge in [0.15, 0.2) is 4.91 Å². The molecule has 150 valence electrons. The predicted octanol–water partition coefficient (Wildman–Crippen LogP) is 2.43. The molecule has 0 bridgehead atoms. The quantitative estimate of drug-likeness (QED) is 0.537. The topological polar surface area (TPSA) is 133 Å². The Morgan fingerprint density at radius 1 is 1.29 bits per heavy atom. The fourth-order valence-electron chi connectivity index (χ4n) is 2.48. The lowest BCUT2D eigenvalue weighted by atomic mass is 10.0. The van der Waals surface area contributed by atoms with Gasteiger partial charge in [0.2, 0.25) is 5.88 Å². The Kier molecular flexibility index (Phi) is 6.57. The molecule has 10 heteroatoms. The molecule has 0 aromatic carbocycles. The molecule has 1 saturated heterocycles. The van der Waals surface area contributed by atoms with E-state index in [2.05, 4.69) is 28.8 Å². The largest absolute Gasteiger partial charge is 0.478 e. The minimum Gasteiger partial charge on any atom is -0.478 e. The molecule has 0 saturated carbocycles. The molecule has 28 heavy (non-hydrogen) atoms. The molecule has 1 aliphatic heterocycles. The third kappa shape index (κ3) is 4.77. The fourth-order valence-corrected chi connectivity index (χ4v) is 3.42. The molecule has 1 fully saturated rings. The van der Waals surface area contributed by atoms with Crippen molar-refractivity contribution in [2.45, 2.75) is 20.3 Å². The molecule has 4 N–H and O–H groups in total. The van der Waals surface area contributed by atoms with Crippen molar-refractivity contribution >= 4 is 39.1 Å². The Labute approximate surface area is 164 Å². The van der Waals surface area contributed by atoms with Crippen molar-refractivity contribution in [1.82, 2.24) is 15.0 Å². The van der Waals surface area contributed by atoms with E-state index >= 15 is 0 Å². The number of hydrogen-bond donors (Lipinski definition) is 4. The van der Waals surface area contributed by atoms with Gasteiger partial charge in [0, 0.05) is 36.3 Å². The van der Waals surface area contributed by atoms with Crippen LogP contribution in [0.3, 0.4) is 0 Å². The standard InChI is InChI=1S/C18H23N5O4S/c1-11(2)13-9-20-10-14(12(3)4)16(13)22-18(24)23-28(25,26)15(8-19)17-21-6-5-7-27-17/h8-10,19,21H,1,3,5-7H2,2,4H3,(H2,20,22,23,24)/b17-15-,19-8?. The number of aromatic nitrogens is 1. The van der Waals surface area contributed by atoms with Gasteiger partial charge < -0.3 is 20.8 Å². The number of carbonyl (C=O) groups excluding carboxylic acids is 1. The minimum atomic E-state index is -4.33. The average molecular weight is 405 g/mol. The minimum absolute atomic E-state index is 0.0595. The maximum absolute atomic E-state index is 12.6. The maximum Gasteiger partial charge on any atom is 0.333 e. The molecule has 1 aliphatic rings. The van der Waals surface area contributed by atoms with E-state index in [1.54, 1.807) is 13.8 Å². The van der Waals surface area contributed by atoms with Crippen molar-refractivity contribution in [1.29, 1.82) is 5.41 Å². The van der Waals surface area contributed by atoms with Crippen molar-refractivity contribution < 1.29 is 17.9 Å². The van der Waals surface area contributed by atoms with Crippen LogP contribution < -0.4 is 15.4 Å². The smallest absolute Gasteiger partial charge is 0.333 e. The second-order valence-corrected chi connectivity index (χ2v) is 7.85. The maximum atomic E-state index is 12.6. The van der Waals surface area contributed by atoms with Crippen LogP contribution in [0.5, 0.6) is 0 Å². The van der Waals surface area contributed by atoms with E-state index in [4.69, 9.17) is 10.1 Å². The number of nitrogens with one attached hydrogen (secondary N) is 4. The van der Waals surface area contributed by atoms with Crippen molar-refractivity contribution in [3.05, 3.63) is 47.5 Å². The molecule has 2 heterocycles. The van der Waals surface area contributed by atoms with Crippen LogP contribution in [0.1, 0.15) is 31.4 Å². The van der Waals surface area contributed by atoms with E-state index in [9.17, 15) is 13.2 Å². The van der Waals surface area contributed by atoms with Crippen LogP contribution in [-0.4, -0.2) is 38.8 Å². The fraction of sp³-hybridized carbons (Fsp3) is 0.278. The molecule has 1 aromatic rings. The number of rotatable bonds is 6. The van der Waals surface area contributed by atoms with E-state index < -0.39 is 21.0 Å². The lowest BCUT2D eigenvalue weighted by molar-refractivity contribution is 0.157. The number of hydrogen-bond acceptors (Lipinski definition) is 7. The van der Waals surface area contributed by atoms with Gasteiger partial charge in [0.05, 0.1) is 12.3 Å². The van der Waals surface area contributed by atoms with E-state index in [0.717, 1.165) is 0 Å². The highest BCUT2D eigenvalue weighted by atomic mass is 32.2. The van der Waals surface area contributed by atoms with Gasteiger partial charge in [-0.05, 0) is 31.4 Å². The monoisotopic (exact) mass is 405 g/mol. The summed E-state index contributed by atoms with van der Waals surface area (Å²) in [6, 6.07) is -0.994. The molecule has 0 radical (unpaired) electrons. The first kappa shape index (κ1) is 21.2. The SMILES string of the molecule is C=C(C)c1cncc(C(=C)C)c1NC(=O)NS(=O)(=O)/C(C=N)=C1/NCCCO1. The van der Waals surface area contributed by atoms with Crippen LogP contribution in [0.2, 0.25) is 0 Å². The molecule has 0 aliphatic carbocycles. The van der Waals surface area contributed by atoms with Crippen molar-refractivity contribution in [2.24, 2.45) is 0 Å². The van der Waals surface area contributed by atoms with Crippen LogP contribution in [0.15, 0.2) is 36.3 Å². The van der Waals surface area contributed by atoms with Crippen molar-refractivity contribution in [3.8, 4) is 0 Å². The van der Waals surface area contributed by atoms with Crippen LogP contribution in [0.4, 0.5) is 10.5 Å².